The molecule has 0 atom stereocenters. The van der Waals surface area contributed by atoms with Crippen molar-refractivity contribution in [3.8, 4) is 0 Å². The molecule has 5 nitrogen and oxygen atoms in total. The number of benzene rings is 2. The van der Waals surface area contributed by atoms with E-state index in [1.54, 1.807) is 35.9 Å². The molecule has 0 radical (unpaired) electrons. The second-order valence-electron chi connectivity index (χ2n) is 5.99. The van der Waals surface area contributed by atoms with Crippen LogP contribution in [0.2, 0.25) is 5.15 Å². The van der Waals surface area contributed by atoms with Gasteiger partial charge >= 0.3 is 0 Å². The Hall–Kier alpha value is -2.92. The Bertz CT molecular complexity index is 964. The van der Waals surface area contributed by atoms with Crippen LogP contribution in [0.1, 0.15) is 38.9 Å². The average molecular weight is 368 g/mol. The van der Waals surface area contributed by atoms with Gasteiger partial charge in [0, 0.05) is 11.3 Å². The fraction of sp³-hybridized carbons (Fsp3) is 0.150. The Morgan fingerprint density at radius 2 is 1.85 bits per heavy atom. The first-order valence-electron chi connectivity index (χ1n) is 8.15. The van der Waals surface area contributed by atoms with Crippen molar-refractivity contribution in [2.45, 2.75) is 20.4 Å². The van der Waals surface area contributed by atoms with Crippen LogP contribution in [-0.2, 0) is 6.54 Å². The fourth-order valence-electron chi connectivity index (χ4n) is 2.68. The number of rotatable bonds is 5. The maximum atomic E-state index is 12.7. The first-order valence-corrected chi connectivity index (χ1v) is 8.52. The lowest BCUT2D eigenvalue weighted by Gasteiger charge is -2.07. The molecule has 26 heavy (non-hydrogen) atoms. The van der Waals surface area contributed by atoms with Gasteiger partial charge in [0.2, 0.25) is 0 Å². The zero-order chi connectivity index (χ0) is 18.7. The van der Waals surface area contributed by atoms with E-state index in [4.69, 9.17) is 11.6 Å². The van der Waals surface area contributed by atoms with Gasteiger partial charge in [-0.2, -0.15) is 5.10 Å². The lowest BCUT2D eigenvalue weighted by molar-refractivity contribution is 0.101. The highest BCUT2D eigenvalue weighted by atomic mass is 35.5. The first kappa shape index (κ1) is 17.9. The third-order valence-corrected chi connectivity index (χ3v) is 4.38. The van der Waals surface area contributed by atoms with E-state index in [9.17, 15) is 9.59 Å². The van der Waals surface area contributed by atoms with Crippen molar-refractivity contribution >= 4 is 29.0 Å². The quantitative estimate of drug-likeness (QED) is 0.682. The number of nitrogens with one attached hydrogen (secondary N) is 1. The predicted molar refractivity (Wildman–Crippen MR) is 102 cm³/mol. The molecule has 0 fully saturated rings. The van der Waals surface area contributed by atoms with E-state index in [0.29, 0.717) is 29.1 Å². The zero-order valence-electron chi connectivity index (χ0n) is 14.5. The summed E-state index contributed by atoms with van der Waals surface area (Å²) in [4.78, 5) is 24.2. The van der Waals surface area contributed by atoms with Gasteiger partial charge in [0.25, 0.3) is 5.91 Å². The maximum Gasteiger partial charge on any atom is 0.260 e. The van der Waals surface area contributed by atoms with Gasteiger partial charge in [-0.25, -0.2) is 4.68 Å². The molecule has 6 heteroatoms. The minimum Gasteiger partial charge on any atom is -0.322 e. The molecule has 132 valence electrons. The summed E-state index contributed by atoms with van der Waals surface area (Å²) in [6.45, 7) is 3.71. The van der Waals surface area contributed by atoms with Crippen molar-refractivity contribution < 1.29 is 9.59 Å². The molecular formula is C20H18ClN3O2. The molecule has 1 amide bonds. The molecule has 0 bridgehead atoms. The topological polar surface area (TPSA) is 64.0 Å². The Morgan fingerprint density at radius 3 is 2.54 bits per heavy atom. The van der Waals surface area contributed by atoms with Gasteiger partial charge in [0.05, 0.1) is 17.8 Å². The number of carbonyl (C=O) groups excluding carboxylic acids is 2. The zero-order valence-corrected chi connectivity index (χ0v) is 15.2. The Morgan fingerprint density at radius 1 is 1.12 bits per heavy atom. The number of nitrogens with zero attached hydrogens (tertiary/aromatic N) is 2. The lowest BCUT2D eigenvalue weighted by atomic mass is 10.1. The number of aryl methyl sites for hydroxylation is 1. The second-order valence-corrected chi connectivity index (χ2v) is 6.34. The van der Waals surface area contributed by atoms with Crippen molar-refractivity contribution in [1.29, 1.82) is 0 Å². The largest absolute Gasteiger partial charge is 0.322 e. The van der Waals surface area contributed by atoms with Gasteiger partial charge in [-0.15, -0.1) is 0 Å². The molecule has 0 unspecified atom stereocenters. The van der Waals surface area contributed by atoms with Crippen LogP contribution in [0.3, 0.4) is 0 Å². The molecule has 1 aromatic heterocycles. The van der Waals surface area contributed by atoms with E-state index in [2.05, 4.69) is 10.4 Å². The van der Waals surface area contributed by atoms with E-state index in [0.717, 1.165) is 5.56 Å². The standard InChI is InChI=1S/C20H18ClN3O2/c1-13-18(19(21)24(23-13)12-15-7-4-3-5-8-15)20(26)22-17-10-6-9-16(11-17)14(2)25/h3-11H,12H2,1-2H3,(H,22,26). The highest BCUT2D eigenvalue weighted by Crippen LogP contribution is 2.22. The summed E-state index contributed by atoms with van der Waals surface area (Å²) < 4.78 is 1.60. The van der Waals surface area contributed by atoms with Crippen molar-refractivity contribution in [2.24, 2.45) is 0 Å². The molecule has 1 heterocycles. The van der Waals surface area contributed by atoms with Gasteiger partial charge < -0.3 is 5.32 Å². The number of amides is 1. The minimum absolute atomic E-state index is 0.0639. The molecule has 0 saturated carbocycles. The smallest absolute Gasteiger partial charge is 0.260 e. The number of anilines is 1. The minimum atomic E-state index is -0.354. The number of Topliss-reactive ketones (excluding diaryl/α,β-unsaturated/α-hetero) is 1. The van der Waals surface area contributed by atoms with Gasteiger partial charge in [0.15, 0.2) is 5.78 Å². The SMILES string of the molecule is CC(=O)c1cccc(NC(=O)c2c(C)nn(Cc3ccccc3)c2Cl)c1. The molecule has 0 aliphatic rings. The number of hydrogen-bond acceptors (Lipinski definition) is 3. The third kappa shape index (κ3) is 3.83. The molecule has 2 aromatic carbocycles. The fourth-order valence-corrected chi connectivity index (χ4v) is 3.00. The number of hydrogen-bond donors (Lipinski definition) is 1. The van der Waals surface area contributed by atoms with E-state index in [-0.39, 0.29) is 16.8 Å². The van der Waals surface area contributed by atoms with E-state index in [1.807, 2.05) is 30.3 Å². The summed E-state index contributed by atoms with van der Waals surface area (Å²) in [5.74, 6) is -0.418. The number of ketones is 1. The summed E-state index contributed by atoms with van der Waals surface area (Å²) >= 11 is 6.41. The van der Waals surface area contributed by atoms with E-state index in [1.165, 1.54) is 6.92 Å². The molecule has 3 aromatic rings. The van der Waals surface area contributed by atoms with Crippen LogP contribution in [0.15, 0.2) is 54.6 Å². The summed E-state index contributed by atoms with van der Waals surface area (Å²) in [6.07, 6.45) is 0. The molecular weight excluding hydrogens is 350 g/mol. The Kier molecular flexibility index (Phi) is 5.19. The molecule has 1 N–H and O–H groups in total. The number of halogens is 1. The van der Waals surface area contributed by atoms with Gasteiger partial charge in [-0.05, 0) is 31.5 Å². The Balaban J connectivity index is 1.84. The summed E-state index contributed by atoms with van der Waals surface area (Å²) in [5, 5.41) is 7.45. The van der Waals surface area contributed by atoms with Crippen LogP contribution in [0.25, 0.3) is 0 Å². The predicted octanol–water partition coefficient (Wildman–Crippen LogP) is 4.35. The highest BCUT2D eigenvalue weighted by Gasteiger charge is 2.20. The van der Waals surface area contributed by atoms with Crippen molar-refractivity contribution in [3.63, 3.8) is 0 Å². The Labute approximate surface area is 156 Å². The summed E-state index contributed by atoms with van der Waals surface area (Å²) in [6, 6.07) is 16.5. The molecule has 0 aliphatic heterocycles. The highest BCUT2D eigenvalue weighted by molar-refractivity contribution is 6.33. The lowest BCUT2D eigenvalue weighted by Crippen LogP contribution is -2.13. The number of aromatic nitrogens is 2. The van der Waals surface area contributed by atoms with Gasteiger partial charge in [0.1, 0.15) is 5.15 Å². The van der Waals surface area contributed by atoms with Gasteiger partial charge in [-0.1, -0.05) is 54.1 Å². The van der Waals surface area contributed by atoms with Crippen LogP contribution in [-0.4, -0.2) is 21.5 Å². The first-order chi connectivity index (χ1) is 12.5. The van der Waals surface area contributed by atoms with Crippen LogP contribution in [0, 0.1) is 6.92 Å². The molecule has 0 spiro atoms. The summed E-state index contributed by atoms with van der Waals surface area (Å²) in [7, 11) is 0. The van der Waals surface area contributed by atoms with Gasteiger partial charge in [-0.3, -0.25) is 9.59 Å². The number of carbonyl (C=O) groups is 2. The van der Waals surface area contributed by atoms with Crippen LogP contribution < -0.4 is 5.32 Å². The van der Waals surface area contributed by atoms with Crippen LogP contribution >= 0.6 is 11.6 Å². The van der Waals surface area contributed by atoms with E-state index < -0.39 is 0 Å². The molecule has 0 saturated heterocycles. The third-order valence-electron chi connectivity index (χ3n) is 3.99. The van der Waals surface area contributed by atoms with Crippen molar-refractivity contribution in [2.75, 3.05) is 5.32 Å². The average Bonchev–Trinajstić information content (AvgIpc) is 2.89. The van der Waals surface area contributed by atoms with Crippen molar-refractivity contribution in [3.05, 3.63) is 82.1 Å². The molecule has 3 rings (SSSR count). The second kappa shape index (κ2) is 7.54. The summed E-state index contributed by atoms with van der Waals surface area (Å²) in [5.41, 5.74) is 2.99. The molecule has 0 aliphatic carbocycles. The maximum absolute atomic E-state index is 12.7. The van der Waals surface area contributed by atoms with Crippen molar-refractivity contribution in [1.82, 2.24) is 9.78 Å². The van der Waals surface area contributed by atoms with E-state index >= 15 is 0 Å². The normalized spacial score (nSPS) is 10.6. The van der Waals surface area contributed by atoms with Crippen LogP contribution in [0.4, 0.5) is 5.69 Å². The van der Waals surface area contributed by atoms with Crippen LogP contribution in [0.5, 0.6) is 0 Å². The monoisotopic (exact) mass is 367 g/mol.